The zero-order valence-corrected chi connectivity index (χ0v) is 31.7. The van der Waals surface area contributed by atoms with E-state index < -0.39 is 0 Å². The van der Waals surface area contributed by atoms with Gasteiger partial charge in [0.15, 0.2) is 5.82 Å². The Balaban J connectivity index is 1.14. The minimum atomic E-state index is 0.697. The van der Waals surface area contributed by atoms with Crippen LogP contribution in [0.25, 0.3) is 109 Å². The second-order valence-corrected chi connectivity index (χ2v) is 15.6. The summed E-state index contributed by atoms with van der Waals surface area (Å²) in [5.41, 5.74) is 11.9. The smallest absolute Gasteiger partial charge is 0.160 e. The van der Waals surface area contributed by atoms with Crippen LogP contribution in [0.2, 0.25) is 0 Å². The van der Waals surface area contributed by atoms with E-state index in [1.807, 2.05) is 17.4 Å². The lowest BCUT2D eigenvalue weighted by atomic mass is 9.91. The molecule has 0 spiro atoms. The van der Waals surface area contributed by atoms with Crippen LogP contribution in [0.4, 0.5) is 0 Å². The molecule has 11 rings (SSSR count). The van der Waals surface area contributed by atoms with Gasteiger partial charge in [0, 0.05) is 36.9 Å². The summed E-state index contributed by atoms with van der Waals surface area (Å²) in [6.07, 6.45) is 0. The van der Waals surface area contributed by atoms with Crippen LogP contribution in [0.3, 0.4) is 0 Å². The first kappa shape index (κ1) is 33.2. The highest BCUT2D eigenvalue weighted by Gasteiger charge is 2.17. The topological polar surface area (TPSA) is 25.8 Å². The summed E-state index contributed by atoms with van der Waals surface area (Å²) < 4.78 is 2.59. The van der Waals surface area contributed by atoms with Crippen LogP contribution >= 0.6 is 11.3 Å². The van der Waals surface area contributed by atoms with E-state index in [1.165, 1.54) is 58.4 Å². The summed E-state index contributed by atoms with van der Waals surface area (Å²) in [7, 11) is 0. The molecular weight excluding hydrogens is 709 g/mol. The van der Waals surface area contributed by atoms with E-state index in [1.54, 1.807) is 0 Å². The summed E-state index contributed by atoms with van der Waals surface area (Å²) in [4.78, 5) is 10.6. The maximum atomic E-state index is 5.33. The largest absolute Gasteiger partial charge is 0.228 e. The Bertz CT molecular complexity index is 3300. The molecule has 0 radical (unpaired) electrons. The molecule has 0 saturated carbocycles. The molecule has 9 aromatic carbocycles. The second kappa shape index (κ2) is 13.8. The van der Waals surface area contributed by atoms with Crippen molar-refractivity contribution in [3.63, 3.8) is 0 Å². The monoisotopic (exact) mass is 742 g/mol. The number of nitrogens with zero attached hydrogens (tertiary/aromatic N) is 2. The highest BCUT2D eigenvalue weighted by molar-refractivity contribution is 7.26. The molecule has 0 bridgehead atoms. The first-order valence-corrected chi connectivity index (χ1v) is 20.1. The molecule has 0 aliphatic heterocycles. The molecule has 2 aromatic heterocycles. The standard InChI is InChI=1S/C54H34N2S/c1-2-15-37(16-3-1)54-55-50(41-20-10-19-39(30-41)40-28-27-35-13-4-5-17-38(35)29-40)34-51(56-54)44-32-42(46-23-11-18-36-14-6-7-21-45(36)46)31-43(33-44)47-24-12-25-49-48-22-8-9-26-52(48)57-53(47)49/h1-34H. The average molecular weight is 743 g/mol. The minimum Gasteiger partial charge on any atom is -0.228 e. The van der Waals surface area contributed by atoms with Gasteiger partial charge in [0.1, 0.15) is 0 Å². The van der Waals surface area contributed by atoms with E-state index in [-0.39, 0.29) is 0 Å². The highest BCUT2D eigenvalue weighted by Crippen LogP contribution is 2.43. The molecule has 11 aromatic rings. The van der Waals surface area contributed by atoms with Crippen molar-refractivity contribution >= 4 is 53.1 Å². The van der Waals surface area contributed by atoms with Crippen LogP contribution in [0.1, 0.15) is 0 Å². The molecule has 0 unspecified atom stereocenters. The van der Waals surface area contributed by atoms with Crippen molar-refractivity contribution in [3.8, 4) is 67.3 Å². The van der Waals surface area contributed by atoms with Crippen molar-refractivity contribution in [2.24, 2.45) is 0 Å². The van der Waals surface area contributed by atoms with Crippen molar-refractivity contribution in [1.82, 2.24) is 9.97 Å². The summed E-state index contributed by atoms with van der Waals surface area (Å²) in [6, 6.07) is 74.1. The van der Waals surface area contributed by atoms with E-state index in [9.17, 15) is 0 Å². The van der Waals surface area contributed by atoms with Gasteiger partial charge in [-0.1, -0.05) is 164 Å². The number of rotatable bonds is 6. The first-order valence-electron chi connectivity index (χ1n) is 19.3. The van der Waals surface area contributed by atoms with Crippen LogP contribution in [0.5, 0.6) is 0 Å². The lowest BCUT2D eigenvalue weighted by Crippen LogP contribution is -1.97. The second-order valence-electron chi connectivity index (χ2n) is 14.6. The molecule has 2 nitrogen and oxygen atoms in total. The van der Waals surface area contributed by atoms with Gasteiger partial charge in [-0.15, -0.1) is 11.3 Å². The fourth-order valence-corrected chi connectivity index (χ4v) is 9.46. The molecule has 0 aliphatic carbocycles. The minimum absolute atomic E-state index is 0.697. The van der Waals surface area contributed by atoms with Gasteiger partial charge in [0.25, 0.3) is 0 Å². The van der Waals surface area contributed by atoms with E-state index in [2.05, 4.69) is 200 Å². The Morgan fingerprint density at radius 2 is 0.860 bits per heavy atom. The van der Waals surface area contributed by atoms with Crippen LogP contribution in [0, 0.1) is 0 Å². The third-order valence-corrected chi connectivity index (χ3v) is 12.3. The zero-order valence-electron chi connectivity index (χ0n) is 30.9. The number of thiophene rings is 1. The quantitative estimate of drug-likeness (QED) is 0.170. The summed E-state index contributed by atoms with van der Waals surface area (Å²) >= 11 is 1.86. The molecular formula is C54H34N2S. The Morgan fingerprint density at radius 3 is 1.74 bits per heavy atom. The molecule has 2 heterocycles. The van der Waals surface area contributed by atoms with Crippen molar-refractivity contribution in [2.45, 2.75) is 0 Å². The molecule has 0 aliphatic rings. The van der Waals surface area contributed by atoms with E-state index in [0.29, 0.717) is 5.82 Å². The normalized spacial score (nSPS) is 11.5. The summed E-state index contributed by atoms with van der Waals surface area (Å²) in [6.45, 7) is 0. The number of aromatic nitrogens is 2. The Morgan fingerprint density at radius 1 is 0.298 bits per heavy atom. The van der Waals surface area contributed by atoms with Gasteiger partial charge in [0.2, 0.25) is 0 Å². The molecule has 3 heteroatoms. The molecule has 0 fully saturated rings. The van der Waals surface area contributed by atoms with Gasteiger partial charge in [0.05, 0.1) is 11.4 Å². The van der Waals surface area contributed by atoms with Crippen molar-refractivity contribution in [2.75, 3.05) is 0 Å². The van der Waals surface area contributed by atoms with E-state index in [4.69, 9.17) is 9.97 Å². The van der Waals surface area contributed by atoms with Gasteiger partial charge in [-0.25, -0.2) is 9.97 Å². The molecule has 266 valence electrons. The zero-order chi connectivity index (χ0) is 37.7. The van der Waals surface area contributed by atoms with Gasteiger partial charge in [-0.2, -0.15) is 0 Å². The predicted octanol–water partition coefficient (Wildman–Crippen LogP) is 15.2. The van der Waals surface area contributed by atoms with E-state index >= 15 is 0 Å². The maximum absolute atomic E-state index is 5.33. The maximum Gasteiger partial charge on any atom is 0.160 e. The van der Waals surface area contributed by atoms with Gasteiger partial charge in [-0.3, -0.25) is 0 Å². The van der Waals surface area contributed by atoms with Gasteiger partial charge >= 0.3 is 0 Å². The van der Waals surface area contributed by atoms with Gasteiger partial charge < -0.3 is 0 Å². The predicted molar refractivity (Wildman–Crippen MR) is 243 cm³/mol. The Labute approximate surface area is 335 Å². The number of hydrogen-bond acceptors (Lipinski definition) is 3. The lowest BCUT2D eigenvalue weighted by Gasteiger charge is -2.15. The fraction of sp³-hybridized carbons (Fsp3) is 0. The number of hydrogen-bond donors (Lipinski definition) is 0. The summed E-state index contributed by atoms with van der Waals surface area (Å²) in [5.74, 6) is 0.697. The third-order valence-electron chi connectivity index (χ3n) is 11.0. The molecule has 57 heavy (non-hydrogen) atoms. The Hall–Kier alpha value is -7.20. The fourth-order valence-electron chi connectivity index (χ4n) is 8.22. The molecule has 0 atom stereocenters. The SMILES string of the molecule is c1ccc(-c2nc(-c3cccc(-c4ccc5ccccc5c4)c3)cc(-c3cc(-c4cccc5ccccc45)cc(-c4cccc5c4sc4ccccc45)c3)n2)cc1. The van der Waals surface area contributed by atoms with Crippen molar-refractivity contribution in [1.29, 1.82) is 0 Å². The third kappa shape index (κ3) is 6.06. The number of benzene rings is 9. The van der Waals surface area contributed by atoms with Crippen LogP contribution < -0.4 is 0 Å². The summed E-state index contributed by atoms with van der Waals surface area (Å²) in [5, 5.41) is 7.48. The molecule has 0 saturated heterocycles. The highest BCUT2D eigenvalue weighted by atomic mass is 32.1. The number of fused-ring (bicyclic) bond motifs is 5. The van der Waals surface area contributed by atoms with Crippen LogP contribution in [0.15, 0.2) is 206 Å². The van der Waals surface area contributed by atoms with Crippen LogP contribution in [-0.2, 0) is 0 Å². The van der Waals surface area contributed by atoms with Crippen molar-refractivity contribution < 1.29 is 0 Å². The first-order chi connectivity index (χ1) is 28.2. The van der Waals surface area contributed by atoms with E-state index in [0.717, 1.165) is 44.8 Å². The average Bonchev–Trinajstić information content (AvgIpc) is 3.68. The van der Waals surface area contributed by atoms with Crippen LogP contribution in [-0.4, -0.2) is 9.97 Å². The lowest BCUT2D eigenvalue weighted by molar-refractivity contribution is 1.18. The van der Waals surface area contributed by atoms with Gasteiger partial charge in [-0.05, 0) is 97.4 Å². The molecule has 0 amide bonds. The molecule has 0 N–H and O–H groups in total. The Kier molecular flexibility index (Phi) is 8.04. The van der Waals surface area contributed by atoms with Crippen molar-refractivity contribution in [3.05, 3.63) is 206 Å².